The van der Waals surface area contributed by atoms with E-state index in [2.05, 4.69) is 0 Å². The summed E-state index contributed by atoms with van der Waals surface area (Å²) in [5.74, 6) is 0.327. The molecule has 1 aliphatic heterocycles. The molecule has 1 aliphatic rings. The van der Waals surface area contributed by atoms with E-state index in [0.29, 0.717) is 34.8 Å². The minimum Gasteiger partial charge on any atom is -0.482 e. The highest BCUT2D eigenvalue weighted by Crippen LogP contribution is 2.38. The molecule has 0 radical (unpaired) electrons. The summed E-state index contributed by atoms with van der Waals surface area (Å²) in [6, 6.07) is 23.7. The molecule has 0 atom stereocenters. The molecule has 0 aromatic heterocycles. The third-order valence-electron chi connectivity index (χ3n) is 6.09. The standard InChI is InChI=1S/C27H23N3O4S/c1-17(28)20-9-8-19-7-6-18(12-22(19)13-20)15-30-24-11-10-21(14-25(24)34-16-27(30)31)23-4-2-3-5-26(23)35(29,32)33/h2-14,28H,15-16H2,1H3,(H2,29,32,33). The molecule has 0 unspecified atom stereocenters. The zero-order valence-corrected chi connectivity index (χ0v) is 19.8. The number of nitrogens with zero attached hydrogens (tertiary/aromatic N) is 1. The number of anilines is 1. The van der Waals surface area contributed by atoms with Crippen molar-refractivity contribution in [2.75, 3.05) is 11.5 Å². The smallest absolute Gasteiger partial charge is 0.265 e. The molecule has 0 fully saturated rings. The van der Waals surface area contributed by atoms with E-state index in [-0.39, 0.29) is 17.4 Å². The molecule has 0 aliphatic carbocycles. The van der Waals surface area contributed by atoms with Gasteiger partial charge in [0.15, 0.2) is 6.61 Å². The third kappa shape index (κ3) is 4.41. The summed E-state index contributed by atoms with van der Waals surface area (Å²) in [5.41, 5.74) is 4.01. The van der Waals surface area contributed by atoms with Gasteiger partial charge in [-0.3, -0.25) is 4.79 Å². The van der Waals surface area contributed by atoms with Crippen LogP contribution in [0.5, 0.6) is 5.75 Å². The monoisotopic (exact) mass is 485 g/mol. The fraction of sp³-hybridized carbons (Fsp3) is 0.111. The number of primary sulfonamides is 1. The quantitative estimate of drug-likeness (QED) is 0.406. The predicted octanol–water partition coefficient (Wildman–Crippen LogP) is 4.47. The number of hydrogen-bond acceptors (Lipinski definition) is 5. The Bertz CT molecular complexity index is 1610. The van der Waals surface area contributed by atoms with Crippen LogP contribution in [0, 0.1) is 5.41 Å². The fourth-order valence-corrected chi connectivity index (χ4v) is 5.07. The summed E-state index contributed by atoms with van der Waals surface area (Å²) >= 11 is 0. The zero-order valence-electron chi connectivity index (χ0n) is 19.0. The van der Waals surface area contributed by atoms with Gasteiger partial charge in [-0.2, -0.15) is 0 Å². The van der Waals surface area contributed by atoms with Crippen LogP contribution in [-0.2, 0) is 21.4 Å². The summed E-state index contributed by atoms with van der Waals surface area (Å²) in [6.45, 7) is 1.99. The molecule has 4 aromatic rings. The average molecular weight is 486 g/mol. The van der Waals surface area contributed by atoms with E-state index < -0.39 is 10.0 Å². The van der Waals surface area contributed by atoms with E-state index in [1.807, 2.05) is 36.4 Å². The number of hydrogen-bond donors (Lipinski definition) is 2. The molecule has 1 amide bonds. The molecule has 35 heavy (non-hydrogen) atoms. The van der Waals surface area contributed by atoms with Crippen LogP contribution in [0.25, 0.3) is 21.9 Å². The Morgan fingerprint density at radius 2 is 1.77 bits per heavy atom. The molecule has 0 saturated carbocycles. The summed E-state index contributed by atoms with van der Waals surface area (Å²) in [5, 5.41) is 15.4. The summed E-state index contributed by atoms with van der Waals surface area (Å²) < 4.78 is 29.8. The van der Waals surface area contributed by atoms with Crippen molar-refractivity contribution < 1.29 is 17.9 Å². The summed E-state index contributed by atoms with van der Waals surface area (Å²) in [7, 11) is -3.91. The van der Waals surface area contributed by atoms with E-state index in [4.69, 9.17) is 15.3 Å². The Kier molecular flexibility index (Phi) is 5.62. The van der Waals surface area contributed by atoms with Gasteiger partial charge in [0.1, 0.15) is 5.75 Å². The maximum absolute atomic E-state index is 12.8. The second-order valence-corrected chi connectivity index (χ2v) is 10.0. The van der Waals surface area contributed by atoms with E-state index >= 15 is 0 Å². The fourth-order valence-electron chi connectivity index (χ4n) is 4.31. The normalized spacial score (nSPS) is 13.4. The predicted molar refractivity (Wildman–Crippen MR) is 136 cm³/mol. The molecule has 0 spiro atoms. The molecule has 0 bridgehead atoms. The van der Waals surface area contributed by atoms with Crippen LogP contribution >= 0.6 is 0 Å². The second-order valence-electron chi connectivity index (χ2n) is 8.51. The largest absolute Gasteiger partial charge is 0.482 e. The van der Waals surface area contributed by atoms with Gasteiger partial charge in [-0.15, -0.1) is 0 Å². The number of benzene rings is 4. The summed E-state index contributed by atoms with van der Waals surface area (Å²) in [6.07, 6.45) is 0. The lowest BCUT2D eigenvalue weighted by Crippen LogP contribution is -2.38. The number of amides is 1. The van der Waals surface area contributed by atoms with Gasteiger partial charge in [0.2, 0.25) is 10.0 Å². The highest BCUT2D eigenvalue weighted by Gasteiger charge is 2.27. The Hall–Kier alpha value is -4.01. The van der Waals surface area contributed by atoms with Gasteiger partial charge in [0.05, 0.1) is 17.1 Å². The first-order valence-corrected chi connectivity index (χ1v) is 12.5. The van der Waals surface area contributed by atoms with Crippen molar-refractivity contribution in [3.05, 3.63) is 90.0 Å². The van der Waals surface area contributed by atoms with Crippen molar-refractivity contribution in [2.45, 2.75) is 18.4 Å². The van der Waals surface area contributed by atoms with Gasteiger partial charge in [-0.25, -0.2) is 13.6 Å². The van der Waals surface area contributed by atoms with E-state index in [1.54, 1.807) is 48.2 Å². The number of nitrogens with one attached hydrogen (secondary N) is 1. The molecule has 4 aromatic carbocycles. The SMILES string of the molecule is CC(=N)c1ccc2ccc(CN3C(=O)COc4cc(-c5ccccc5S(N)(=O)=O)ccc43)cc2c1. The molecule has 176 valence electrons. The van der Waals surface area contributed by atoms with E-state index in [9.17, 15) is 13.2 Å². The lowest BCUT2D eigenvalue weighted by Gasteiger charge is -2.30. The van der Waals surface area contributed by atoms with Gasteiger partial charge in [0, 0.05) is 11.3 Å². The van der Waals surface area contributed by atoms with Crippen LogP contribution < -0.4 is 14.8 Å². The van der Waals surface area contributed by atoms with Crippen LogP contribution in [0.1, 0.15) is 18.1 Å². The van der Waals surface area contributed by atoms with Gasteiger partial charge < -0.3 is 15.0 Å². The number of rotatable bonds is 5. The molecule has 1 heterocycles. The van der Waals surface area contributed by atoms with Crippen molar-refractivity contribution >= 4 is 38.1 Å². The lowest BCUT2D eigenvalue weighted by molar-refractivity contribution is -0.121. The van der Waals surface area contributed by atoms with Gasteiger partial charge in [-0.1, -0.05) is 48.5 Å². The first-order valence-electron chi connectivity index (χ1n) is 11.0. The Labute approximate surface area is 203 Å². The second kappa shape index (κ2) is 8.65. The van der Waals surface area contributed by atoms with Crippen LogP contribution in [0.15, 0.2) is 83.8 Å². The first kappa shape index (κ1) is 22.8. The maximum atomic E-state index is 12.8. The van der Waals surface area contributed by atoms with Gasteiger partial charge in [0.25, 0.3) is 5.91 Å². The van der Waals surface area contributed by atoms with Crippen LogP contribution in [0.2, 0.25) is 0 Å². The third-order valence-corrected chi connectivity index (χ3v) is 7.05. The number of fused-ring (bicyclic) bond motifs is 2. The molecule has 3 N–H and O–H groups in total. The molecule has 0 saturated heterocycles. The number of sulfonamides is 1. The van der Waals surface area contributed by atoms with Crippen molar-refractivity contribution in [3.8, 4) is 16.9 Å². The molecule has 7 nitrogen and oxygen atoms in total. The molecular formula is C27H23N3O4S. The number of carbonyl (C=O) groups is 1. The highest BCUT2D eigenvalue weighted by atomic mass is 32.2. The van der Waals surface area contributed by atoms with Crippen molar-refractivity contribution in [1.82, 2.24) is 0 Å². The van der Waals surface area contributed by atoms with Crippen LogP contribution in [0.3, 0.4) is 0 Å². The topological polar surface area (TPSA) is 114 Å². The van der Waals surface area contributed by atoms with Gasteiger partial charge >= 0.3 is 0 Å². The van der Waals surface area contributed by atoms with Crippen LogP contribution in [-0.4, -0.2) is 26.6 Å². The highest BCUT2D eigenvalue weighted by molar-refractivity contribution is 7.89. The maximum Gasteiger partial charge on any atom is 0.265 e. The van der Waals surface area contributed by atoms with Gasteiger partial charge in [-0.05, 0) is 64.7 Å². The molecular weight excluding hydrogens is 462 g/mol. The van der Waals surface area contributed by atoms with Crippen molar-refractivity contribution in [1.29, 1.82) is 5.41 Å². The Morgan fingerprint density at radius 1 is 1.00 bits per heavy atom. The minimum atomic E-state index is -3.91. The Morgan fingerprint density at radius 3 is 2.54 bits per heavy atom. The summed E-state index contributed by atoms with van der Waals surface area (Å²) in [4.78, 5) is 14.5. The first-order chi connectivity index (χ1) is 16.7. The van der Waals surface area contributed by atoms with Crippen molar-refractivity contribution in [2.24, 2.45) is 5.14 Å². The van der Waals surface area contributed by atoms with Crippen molar-refractivity contribution in [3.63, 3.8) is 0 Å². The van der Waals surface area contributed by atoms with E-state index in [0.717, 1.165) is 21.9 Å². The average Bonchev–Trinajstić information content (AvgIpc) is 2.84. The lowest BCUT2D eigenvalue weighted by atomic mass is 10.0. The number of carbonyl (C=O) groups excluding carboxylic acids is 1. The number of nitrogens with two attached hydrogens (primary N) is 1. The Balaban J connectivity index is 1.51. The molecule has 5 rings (SSSR count). The van der Waals surface area contributed by atoms with Crippen LogP contribution in [0.4, 0.5) is 5.69 Å². The minimum absolute atomic E-state index is 0.0272. The number of ether oxygens (including phenoxy) is 1. The van der Waals surface area contributed by atoms with E-state index in [1.165, 1.54) is 6.07 Å². The molecule has 8 heteroatoms. The zero-order chi connectivity index (χ0) is 24.7.